The summed E-state index contributed by atoms with van der Waals surface area (Å²) in [4.78, 5) is 27.9. The lowest BCUT2D eigenvalue weighted by Crippen LogP contribution is -2.39. The molecule has 1 saturated heterocycles. The summed E-state index contributed by atoms with van der Waals surface area (Å²) >= 11 is 0. The number of carboxylic acid groups (broad SMARTS) is 1. The van der Waals surface area contributed by atoms with Crippen LogP contribution >= 0.6 is 7.60 Å². The predicted molar refractivity (Wildman–Crippen MR) is 57.6 cm³/mol. The molecular formula is C9H17NO5P+. The first-order valence-corrected chi connectivity index (χ1v) is 7.07. The molecule has 0 aromatic rings. The van der Waals surface area contributed by atoms with Gasteiger partial charge in [0.05, 0.1) is 0 Å². The number of carbonyl (C=O) groups is 1. The van der Waals surface area contributed by atoms with Gasteiger partial charge in [0.2, 0.25) is 5.16 Å². The molecule has 1 saturated carbocycles. The summed E-state index contributed by atoms with van der Waals surface area (Å²) in [5.41, 5.74) is 0. The Morgan fingerprint density at radius 3 is 2.69 bits per heavy atom. The molecule has 16 heavy (non-hydrogen) atoms. The highest BCUT2D eigenvalue weighted by molar-refractivity contribution is 7.54. The Balaban J connectivity index is 2.31. The Morgan fingerprint density at radius 1 is 1.50 bits per heavy atom. The van der Waals surface area contributed by atoms with Crippen molar-refractivity contribution in [2.24, 2.45) is 5.92 Å². The molecule has 92 valence electrons. The van der Waals surface area contributed by atoms with Crippen LogP contribution in [0.25, 0.3) is 0 Å². The van der Waals surface area contributed by atoms with Crippen molar-refractivity contribution >= 4 is 13.6 Å². The van der Waals surface area contributed by atoms with Crippen molar-refractivity contribution in [1.82, 2.24) is 5.32 Å². The van der Waals surface area contributed by atoms with Gasteiger partial charge in [0.1, 0.15) is 0 Å². The SMILES string of the molecule is O=C(O)C1(P(=O)(O)[OH2+])CC2CCCNC2C1. The second kappa shape index (κ2) is 3.81. The lowest BCUT2D eigenvalue weighted by molar-refractivity contribution is -0.140. The second-order valence-corrected chi connectivity index (χ2v) is 6.79. The maximum atomic E-state index is 11.5. The normalized spacial score (nSPS) is 42.4. The molecular weight excluding hydrogens is 233 g/mol. The summed E-state index contributed by atoms with van der Waals surface area (Å²) in [6.45, 7) is 0.824. The summed E-state index contributed by atoms with van der Waals surface area (Å²) in [5.74, 6) is -1.18. The average Bonchev–Trinajstić information content (AvgIpc) is 2.56. The van der Waals surface area contributed by atoms with Crippen molar-refractivity contribution in [3.8, 4) is 0 Å². The van der Waals surface area contributed by atoms with E-state index in [2.05, 4.69) is 5.32 Å². The largest absolute Gasteiger partial charge is 0.487 e. The van der Waals surface area contributed by atoms with Gasteiger partial charge in [-0.1, -0.05) is 0 Å². The average molecular weight is 250 g/mol. The number of carboxylic acids is 1. The van der Waals surface area contributed by atoms with Gasteiger partial charge in [0.25, 0.3) is 0 Å². The molecule has 2 rings (SSSR count). The standard InChI is InChI=1S/C9H16NO5P/c11-8(12)9(16(13,14)15)4-6-2-1-3-10-7(6)5-9/h6-7,10H,1-5H2,(H,11,12)(H2,13,14,15)/p+1. The van der Waals surface area contributed by atoms with E-state index in [0.717, 1.165) is 19.4 Å². The Kier molecular flexibility index (Phi) is 2.87. The quantitative estimate of drug-likeness (QED) is 0.467. The fourth-order valence-electron chi connectivity index (χ4n) is 2.94. The van der Waals surface area contributed by atoms with E-state index in [4.69, 9.17) is 10.00 Å². The maximum absolute atomic E-state index is 11.5. The Morgan fingerprint density at radius 2 is 2.19 bits per heavy atom. The highest BCUT2D eigenvalue weighted by Gasteiger charge is 2.65. The molecule has 0 radical (unpaired) electrons. The van der Waals surface area contributed by atoms with Gasteiger partial charge in [0, 0.05) is 6.04 Å². The van der Waals surface area contributed by atoms with Crippen molar-refractivity contribution in [2.45, 2.75) is 36.9 Å². The van der Waals surface area contributed by atoms with E-state index in [-0.39, 0.29) is 24.8 Å². The zero-order valence-corrected chi connectivity index (χ0v) is 9.74. The number of fused-ring (bicyclic) bond motifs is 1. The van der Waals surface area contributed by atoms with E-state index in [1.807, 2.05) is 0 Å². The Labute approximate surface area is 93.2 Å². The fraction of sp³-hybridized carbons (Fsp3) is 0.889. The molecule has 2 aliphatic rings. The van der Waals surface area contributed by atoms with Crippen LogP contribution < -0.4 is 5.32 Å². The third-order valence-corrected chi connectivity index (χ3v) is 5.58. The van der Waals surface area contributed by atoms with Gasteiger partial charge in [-0.05, 0) is 38.1 Å². The molecule has 6 nitrogen and oxygen atoms in total. The van der Waals surface area contributed by atoms with Crippen LogP contribution in [0.15, 0.2) is 0 Å². The summed E-state index contributed by atoms with van der Waals surface area (Å²) in [6.07, 6.45) is 2.10. The number of nitrogens with one attached hydrogen (secondary N) is 1. The zero-order valence-electron chi connectivity index (χ0n) is 8.85. The minimum Gasteiger partial charge on any atom is -0.480 e. The van der Waals surface area contributed by atoms with Crippen LogP contribution in [-0.2, 0) is 9.36 Å². The van der Waals surface area contributed by atoms with Crippen molar-refractivity contribution in [3.05, 3.63) is 0 Å². The molecule has 1 heterocycles. The van der Waals surface area contributed by atoms with Crippen molar-refractivity contribution in [3.63, 3.8) is 0 Å². The first-order valence-electron chi connectivity index (χ1n) is 5.41. The number of piperidine rings is 1. The molecule has 2 fully saturated rings. The van der Waals surface area contributed by atoms with Crippen LogP contribution in [0.4, 0.5) is 0 Å². The van der Waals surface area contributed by atoms with Gasteiger partial charge in [-0.25, -0.2) is 4.57 Å². The van der Waals surface area contributed by atoms with Gasteiger partial charge in [-0.2, -0.15) is 0 Å². The van der Waals surface area contributed by atoms with Gasteiger partial charge in [-0.3, -0.25) is 9.69 Å². The van der Waals surface area contributed by atoms with Crippen molar-refractivity contribution < 1.29 is 24.3 Å². The van der Waals surface area contributed by atoms with Crippen molar-refractivity contribution in [2.75, 3.05) is 6.54 Å². The Hall–Kier alpha value is -0.420. The van der Waals surface area contributed by atoms with Gasteiger partial charge < -0.3 is 15.3 Å². The lowest BCUT2D eigenvalue weighted by Gasteiger charge is -2.25. The smallest absolute Gasteiger partial charge is 0.480 e. The number of aliphatic carboxylic acids is 1. The van der Waals surface area contributed by atoms with E-state index < -0.39 is 18.7 Å². The molecule has 4 unspecified atom stereocenters. The van der Waals surface area contributed by atoms with Gasteiger partial charge in [0.15, 0.2) is 0 Å². The van der Waals surface area contributed by atoms with Crippen LogP contribution in [0.1, 0.15) is 25.7 Å². The fourth-order valence-corrected chi connectivity index (χ4v) is 4.12. The topological polar surface area (TPSA) is 110 Å². The maximum Gasteiger partial charge on any atom is 0.487 e. The molecule has 0 amide bonds. The summed E-state index contributed by atoms with van der Waals surface area (Å²) in [7, 11) is -4.36. The molecule has 4 atom stereocenters. The molecule has 0 spiro atoms. The highest BCUT2D eigenvalue weighted by atomic mass is 31.2. The van der Waals surface area contributed by atoms with Crippen LogP contribution in [0.3, 0.4) is 0 Å². The van der Waals surface area contributed by atoms with Gasteiger partial charge in [-0.15, -0.1) is 0 Å². The molecule has 5 N–H and O–H groups in total. The Bertz CT molecular complexity index is 338. The zero-order chi connectivity index (χ0) is 12.0. The first-order chi connectivity index (χ1) is 7.37. The minimum atomic E-state index is -4.36. The van der Waals surface area contributed by atoms with E-state index >= 15 is 0 Å². The van der Waals surface area contributed by atoms with Crippen molar-refractivity contribution in [1.29, 1.82) is 0 Å². The molecule has 1 aliphatic carbocycles. The third-order valence-electron chi connectivity index (χ3n) is 3.86. The summed E-state index contributed by atoms with van der Waals surface area (Å²) < 4.78 is 11.5. The third kappa shape index (κ3) is 1.70. The molecule has 0 bridgehead atoms. The van der Waals surface area contributed by atoms with Crippen LogP contribution in [0, 0.1) is 5.92 Å². The summed E-state index contributed by atoms with van der Waals surface area (Å²) in [6, 6.07) is -0.0179. The van der Waals surface area contributed by atoms with E-state index in [0.29, 0.717) is 0 Å². The van der Waals surface area contributed by atoms with Gasteiger partial charge >= 0.3 is 13.6 Å². The first kappa shape index (κ1) is 12.0. The number of rotatable bonds is 2. The van der Waals surface area contributed by atoms with Crippen LogP contribution in [-0.4, -0.2) is 38.6 Å². The van der Waals surface area contributed by atoms with E-state index in [1.54, 1.807) is 0 Å². The van der Waals surface area contributed by atoms with E-state index in [9.17, 15) is 14.3 Å². The lowest BCUT2D eigenvalue weighted by atomic mass is 9.94. The second-order valence-electron chi connectivity index (χ2n) is 4.78. The van der Waals surface area contributed by atoms with E-state index in [1.165, 1.54) is 0 Å². The molecule has 0 aromatic heterocycles. The number of hydrogen-bond acceptors (Lipinski definition) is 3. The minimum absolute atomic E-state index is 0.0179. The molecule has 1 aliphatic heterocycles. The summed E-state index contributed by atoms with van der Waals surface area (Å²) in [5, 5.41) is 10.6. The van der Waals surface area contributed by atoms with Crippen LogP contribution in [0.2, 0.25) is 0 Å². The molecule has 0 aromatic carbocycles. The monoisotopic (exact) mass is 250 g/mol. The number of hydrogen-bond donors (Lipinski definition) is 3. The van der Waals surface area contributed by atoms with Crippen LogP contribution in [0.5, 0.6) is 0 Å². The highest BCUT2D eigenvalue weighted by Crippen LogP contribution is 2.61. The predicted octanol–water partition coefficient (Wildman–Crippen LogP) is -0.118. The molecule has 7 heteroatoms.